The topological polar surface area (TPSA) is 58.6 Å². The van der Waals surface area contributed by atoms with Crippen LogP contribution in [0.15, 0.2) is 0 Å². The Labute approximate surface area is 60.1 Å². The third-order valence-electron chi connectivity index (χ3n) is 1.67. The van der Waals surface area contributed by atoms with Gasteiger partial charge in [0.25, 0.3) is 7.52 Å². The maximum Gasteiger partial charge on any atom is 0.269 e. The molecule has 1 aliphatic heterocycles. The SMILES string of the molecule is COP1(=O)CC(CO)CN1. The van der Waals surface area contributed by atoms with Crippen LogP contribution < -0.4 is 5.09 Å². The second-order valence-corrected chi connectivity index (χ2v) is 4.84. The monoisotopic (exact) mass is 165 g/mol. The summed E-state index contributed by atoms with van der Waals surface area (Å²) in [5, 5.41) is 11.4. The molecule has 0 radical (unpaired) electrons. The van der Waals surface area contributed by atoms with E-state index in [1.165, 1.54) is 7.11 Å². The van der Waals surface area contributed by atoms with Crippen LogP contribution in [-0.2, 0) is 9.09 Å². The van der Waals surface area contributed by atoms with Gasteiger partial charge in [-0.2, -0.15) is 0 Å². The second kappa shape index (κ2) is 3.01. The molecule has 1 saturated heterocycles. The molecule has 2 unspecified atom stereocenters. The molecule has 1 fully saturated rings. The highest BCUT2D eigenvalue weighted by molar-refractivity contribution is 7.57. The van der Waals surface area contributed by atoms with Crippen LogP contribution in [0.25, 0.3) is 0 Å². The van der Waals surface area contributed by atoms with E-state index in [0.717, 1.165) is 0 Å². The summed E-state index contributed by atoms with van der Waals surface area (Å²) in [5.74, 6) is 0.103. The molecule has 10 heavy (non-hydrogen) atoms. The lowest BCUT2D eigenvalue weighted by molar-refractivity contribution is 0.245. The molecule has 2 N–H and O–H groups in total. The van der Waals surface area contributed by atoms with Crippen LogP contribution in [0, 0.1) is 5.92 Å². The zero-order valence-corrected chi connectivity index (χ0v) is 6.80. The summed E-state index contributed by atoms with van der Waals surface area (Å²) in [4.78, 5) is 0. The van der Waals surface area contributed by atoms with Crippen molar-refractivity contribution in [1.29, 1.82) is 0 Å². The summed E-state index contributed by atoms with van der Waals surface area (Å²) >= 11 is 0. The first-order valence-corrected chi connectivity index (χ1v) is 5.02. The van der Waals surface area contributed by atoms with Gasteiger partial charge in [-0.05, 0) is 0 Å². The Morgan fingerprint density at radius 1 is 1.90 bits per heavy atom. The molecule has 4 nitrogen and oxygen atoms in total. The van der Waals surface area contributed by atoms with Crippen molar-refractivity contribution in [3.63, 3.8) is 0 Å². The van der Waals surface area contributed by atoms with Gasteiger partial charge in [-0.1, -0.05) is 0 Å². The lowest BCUT2D eigenvalue weighted by Crippen LogP contribution is -2.11. The van der Waals surface area contributed by atoms with Crippen LogP contribution in [0.5, 0.6) is 0 Å². The minimum atomic E-state index is -2.53. The highest BCUT2D eigenvalue weighted by Crippen LogP contribution is 2.47. The predicted octanol–water partition coefficient (Wildman–Crippen LogP) is 0.0376. The van der Waals surface area contributed by atoms with Gasteiger partial charge in [-0.25, -0.2) is 5.09 Å². The highest BCUT2D eigenvalue weighted by Gasteiger charge is 2.33. The summed E-state index contributed by atoms with van der Waals surface area (Å²) in [6, 6.07) is 0. The third-order valence-corrected chi connectivity index (χ3v) is 3.92. The number of nitrogens with one attached hydrogen (secondary N) is 1. The molecule has 0 bridgehead atoms. The quantitative estimate of drug-likeness (QED) is 0.567. The van der Waals surface area contributed by atoms with Crippen LogP contribution in [0.3, 0.4) is 0 Å². The Hall–Kier alpha value is 0.110. The summed E-state index contributed by atoms with van der Waals surface area (Å²) in [5.41, 5.74) is 0. The molecule has 0 aromatic carbocycles. The average Bonchev–Trinajstić information content (AvgIpc) is 2.33. The van der Waals surface area contributed by atoms with Crippen LogP contribution >= 0.6 is 7.52 Å². The van der Waals surface area contributed by atoms with Gasteiger partial charge >= 0.3 is 0 Å². The molecule has 1 aliphatic rings. The van der Waals surface area contributed by atoms with E-state index < -0.39 is 7.52 Å². The summed E-state index contributed by atoms with van der Waals surface area (Å²) < 4.78 is 16.1. The number of rotatable bonds is 2. The fourth-order valence-electron chi connectivity index (χ4n) is 0.999. The molecule has 0 saturated carbocycles. The van der Waals surface area contributed by atoms with E-state index in [1.54, 1.807) is 0 Å². The molecular formula is C5H12NO3P. The van der Waals surface area contributed by atoms with Crippen LogP contribution in [0.1, 0.15) is 0 Å². The largest absolute Gasteiger partial charge is 0.396 e. The van der Waals surface area contributed by atoms with E-state index in [0.29, 0.717) is 12.7 Å². The fourth-order valence-corrected chi connectivity index (χ4v) is 2.87. The van der Waals surface area contributed by atoms with Gasteiger partial charge in [0.05, 0.1) is 0 Å². The van der Waals surface area contributed by atoms with Gasteiger partial charge in [0.2, 0.25) is 0 Å². The number of hydrogen-bond acceptors (Lipinski definition) is 3. The first kappa shape index (κ1) is 8.21. The summed E-state index contributed by atoms with van der Waals surface area (Å²) in [7, 11) is -1.11. The van der Waals surface area contributed by atoms with E-state index in [9.17, 15) is 4.57 Å². The van der Waals surface area contributed by atoms with Gasteiger partial charge in [0, 0.05) is 32.3 Å². The lowest BCUT2D eigenvalue weighted by Gasteiger charge is -2.06. The Balaban J connectivity index is 2.49. The molecule has 0 spiro atoms. The number of aliphatic hydroxyl groups is 1. The summed E-state index contributed by atoms with van der Waals surface area (Å²) in [6.45, 7) is 0.683. The molecule has 60 valence electrons. The van der Waals surface area contributed by atoms with Crippen LogP contribution in [0.2, 0.25) is 0 Å². The first-order chi connectivity index (χ1) is 4.70. The molecule has 0 aromatic heterocycles. The molecular weight excluding hydrogens is 153 g/mol. The fraction of sp³-hybridized carbons (Fsp3) is 1.00. The normalized spacial score (nSPS) is 40.4. The van der Waals surface area contributed by atoms with E-state index in [-0.39, 0.29) is 12.5 Å². The Kier molecular flexibility index (Phi) is 2.47. The van der Waals surface area contributed by atoms with Gasteiger partial charge in [0.1, 0.15) is 0 Å². The minimum absolute atomic E-state index is 0.0837. The summed E-state index contributed by atoms with van der Waals surface area (Å²) in [6.07, 6.45) is 0.458. The smallest absolute Gasteiger partial charge is 0.269 e. The van der Waals surface area contributed by atoms with E-state index >= 15 is 0 Å². The third kappa shape index (κ3) is 1.58. The maximum atomic E-state index is 11.3. The molecule has 0 aromatic rings. The van der Waals surface area contributed by atoms with E-state index in [1.807, 2.05) is 0 Å². The van der Waals surface area contributed by atoms with Gasteiger partial charge in [-0.15, -0.1) is 0 Å². The van der Waals surface area contributed by atoms with Crippen molar-refractivity contribution in [3.8, 4) is 0 Å². The lowest BCUT2D eigenvalue weighted by atomic mass is 10.2. The Morgan fingerprint density at radius 3 is 2.90 bits per heavy atom. The minimum Gasteiger partial charge on any atom is -0.396 e. The Morgan fingerprint density at radius 2 is 2.60 bits per heavy atom. The van der Waals surface area contributed by atoms with Crippen molar-refractivity contribution < 1.29 is 14.2 Å². The van der Waals surface area contributed by atoms with Gasteiger partial charge < -0.3 is 9.63 Å². The van der Waals surface area contributed by atoms with Gasteiger partial charge in [0.15, 0.2) is 0 Å². The van der Waals surface area contributed by atoms with Crippen LogP contribution in [0.4, 0.5) is 0 Å². The maximum absolute atomic E-state index is 11.3. The zero-order valence-electron chi connectivity index (χ0n) is 5.91. The number of aliphatic hydroxyl groups excluding tert-OH is 1. The zero-order chi connectivity index (χ0) is 7.61. The van der Waals surface area contributed by atoms with Gasteiger partial charge in [-0.3, -0.25) is 4.57 Å². The van der Waals surface area contributed by atoms with E-state index in [4.69, 9.17) is 9.63 Å². The average molecular weight is 165 g/mol. The second-order valence-electron chi connectivity index (χ2n) is 2.45. The number of hydrogen-bond donors (Lipinski definition) is 2. The molecule has 2 atom stereocenters. The highest BCUT2D eigenvalue weighted by atomic mass is 31.2. The molecule has 0 aliphatic carbocycles. The Bertz CT molecular complexity index is 161. The molecule has 0 amide bonds. The van der Waals surface area contributed by atoms with Crippen LogP contribution in [-0.4, -0.2) is 31.5 Å². The van der Waals surface area contributed by atoms with Crippen molar-refractivity contribution in [2.24, 2.45) is 5.92 Å². The van der Waals surface area contributed by atoms with Crippen molar-refractivity contribution >= 4 is 7.52 Å². The van der Waals surface area contributed by atoms with Crippen molar-refractivity contribution in [3.05, 3.63) is 0 Å². The van der Waals surface area contributed by atoms with Crippen molar-refractivity contribution in [2.75, 3.05) is 26.4 Å². The molecule has 1 rings (SSSR count). The van der Waals surface area contributed by atoms with E-state index in [2.05, 4.69) is 5.09 Å². The first-order valence-electron chi connectivity index (χ1n) is 3.21. The van der Waals surface area contributed by atoms with Crippen molar-refractivity contribution in [1.82, 2.24) is 5.09 Å². The van der Waals surface area contributed by atoms with Crippen molar-refractivity contribution in [2.45, 2.75) is 0 Å². The molecule has 1 heterocycles. The molecule has 5 heteroatoms. The standard InChI is InChI=1S/C5H12NO3P/c1-9-10(8)4-5(3-7)2-6-10/h5,7H,2-4H2,1H3,(H,6,8). The predicted molar refractivity (Wildman–Crippen MR) is 38.1 cm³/mol.